The zero-order chi connectivity index (χ0) is 9.26. The van der Waals surface area contributed by atoms with Gasteiger partial charge in [0.15, 0.2) is 0 Å². The second-order valence-electron chi connectivity index (χ2n) is 3.00. The average Bonchev–Trinajstić information content (AvgIpc) is 2.46. The third-order valence-electron chi connectivity index (χ3n) is 2.02. The van der Waals surface area contributed by atoms with E-state index in [0.717, 1.165) is 15.7 Å². The lowest BCUT2D eigenvalue weighted by Crippen LogP contribution is -1.88. The number of hydrogen-bond acceptors (Lipinski definition) is 1. The molecule has 0 saturated carbocycles. The number of aliphatic hydroxyl groups excluding tert-OH is 1. The molecule has 13 heavy (non-hydrogen) atoms. The summed E-state index contributed by atoms with van der Waals surface area (Å²) in [5, 5.41) is 9.96. The summed E-state index contributed by atoms with van der Waals surface area (Å²) in [5.74, 6) is 0. The molecule has 2 N–H and O–H groups in total. The molecule has 0 aliphatic heterocycles. The van der Waals surface area contributed by atoms with E-state index in [1.165, 1.54) is 5.39 Å². The number of aromatic nitrogens is 1. The zero-order valence-electron chi connectivity index (χ0n) is 7.05. The second kappa shape index (κ2) is 3.52. The summed E-state index contributed by atoms with van der Waals surface area (Å²) in [4.78, 5) is 3.25. The van der Waals surface area contributed by atoms with Crippen molar-refractivity contribution in [3.8, 4) is 0 Å². The molecule has 0 spiro atoms. The lowest BCUT2D eigenvalue weighted by Gasteiger charge is -1.90. The largest absolute Gasteiger partial charge is 0.396 e. The molecule has 0 amide bonds. The van der Waals surface area contributed by atoms with Crippen LogP contribution in [0.2, 0.25) is 0 Å². The fraction of sp³-hybridized carbons (Fsp3) is 0.200. The Labute approximate surface area is 84.7 Å². The minimum atomic E-state index is 0.188. The van der Waals surface area contributed by atoms with Crippen molar-refractivity contribution in [2.75, 3.05) is 6.61 Å². The fourth-order valence-corrected chi connectivity index (χ4v) is 1.78. The van der Waals surface area contributed by atoms with Gasteiger partial charge in [0, 0.05) is 28.7 Å². The SMILES string of the molecule is OCCc1cc2ccc(Br)cc2[nH]1. The summed E-state index contributed by atoms with van der Waals surface area (Å²) < 4.78 is 1.07. The summed E-state index contributed by atoms with van der Waals surface area (Å²) >= 11 is 3.41. The maximum absolute atomic E-state index is 8.77. The van der Waals surface area contributed by atoms with Gasteiger partial charge in [0.2, 0.25) is 0 Å². The molecular formula is C10H10BrNO. The topological polar surface area (TPSA) is 36.0 Å². The Hall–Kier alpha value is -0.800. The van der Waals surface area contributed by atoms with Crippen LogP contribution in [0.25, 0.3) is 10.9 Å². The molecule has 1 heterocycles. The Kier molecular flexibility index (Phi) is 2.38. The van der Waals surface area contributed by atoms with Gasteiger partial charge in [0.05, 0.1) is 0 Å². The molecule has 2 rings (SSSR count). The Balaban J connectivity index is 2.49. The van der Waals surface area contributed by atoms with Crippen LogP contribution in [-0.2, 0) is 6.42 Å². The molecular weight excluding hydrogens is 230 g/mol. The van der Waals surface area contributed by atoms with Gasteiger partial charge in [0.1, 0.15) is 0 Å². The predicted molar refractivity (Wildman–Crippen MR) is 56.8 cm³/mol. The number of aromatic amines is 1. The van der Waals surface area contributed by atoms with Gasteiger partial charge in [-0.2, -0.15) is 0 Å². The molecule has 2 nitrogen and oxygen atoms in total. The van der Waals surface area contributed by atoms with Crippen LogP contribution < -0.4 is 0 Å². The van der Waals surface area contributed by atoms with E-state index in [9.17, 15) is 0 Å². The van der Waals surface area contributed by atoms with E-state index in [2.05, 4.69) is 33.0 Å². The first-order valence-corrected chi connectivity index (χ1v) is 4.97. The van der Waals surface area contributed by atoms with E-state index in [4.69, 9.17) is 5.11 Å². The molecule has 0 aliphatic carbocycles. The van der Waals surface area contributed by atoms with Gasteiger partial charge in [-0.25, -0.2) is 0 Å². The third kappa shape index (κ3) is 1.76. The Bertz CT molecular complexity index is 422. The van der Waals surface area contributed by atoms with Crippen molar-refractivity contribution in [3.05, 3.63) is 34.4 Å². The van der Waals surface area contributed by atoms with Crippen molar-refractivity contribution in [2.24, 2.45) is 0 Å². The van der Waals surface area contributed by atoms with Gasteiger partial charge in [-0.05, 0) is 23.6 Å². The molecule has 0 aliphatic rings. The van der Waals surface area contributed by atoms with E-state index >= 15 is 0 Å². The highest BCUT2D eigenvalue weighted by atomic mass is 79.9. The van der Waals surface area contributed by atoms with E-state index in [1.807, 2.05) is 12.1 Å². The highest BCUT2D eigenvalue weighted by Gasteiger charge is 1.99. The minimum absolute atomic E-state index is 0.188. The highest BCUT2D eigenvalue weighted by molar-refractivity contribution is 9.10. The van der Waals surface area contributed by atoms with Crippen LogP contribution in [0.5, 0.6) is 0 Å². The number of rotatable bonds is 2. The van der Waals surface area contributed by atoms with Crippen molar-refractivity contribution in [1.82, 2.24) is 4.98 Å². The lowest BCUT2D eigenvalue weighted by molar-refractivity contribution is 0.298. The maximum atomic E-state index is 8.77. The second-order valence-corrected chi connectivity index (χ2v) is 3.92. The number of H-pyrrole nitrogens is 1. The monoisotopic (exact) mass is 239 g/mol. The molecule has 0 atom stereocenters. The number of benzene rings is 1. The third-order valence-corrected chi connectivity index (χ3v) is 2.51. The average molecular weight is 240 g/mol. The van der Waals surface area contributed by atoms with Gasteiger partial charge >= 0.3 is 0 Å². The smallest absolute Gasteiger partial charge is 0.0485 e. The first-order chi connectivity index (χ1) is 6.29. The van der Waals surface area contributed by atoms with Crippen LogP contribution >= 0.6 is 15.9 Å². The van der Waals surface area contributed by atoms with E-state index < -0.39 is 0 Å². The van der Waals surface area contributed by atoms with E-state index in [1.54, 1.807) is 0 Å². The number of aliphatic hydroxyl groups is 1. The van der Waals surface area contributed by atoms with Crippen LogP contribution in [0.1, 0.15) is 5.69 Å². The van der Waals surface area contributed by atoms with Gasteiger partial charge in [-0.3, -0.25) is 0 Å². The quantitative estimate of drug-likeness (QED) is 0.831. The molecule has 0 saturated heterocycles. The van der Waals surface area contributed by atoms with Crippen LogP contribution in [0.15, 0.2) is 28.7 Å². The zero-order valence-corrected chi connectivity index (χ0v) is 8.63. The number of hydrogen-bond donors (Lipinski definition) is 2. The van der Waals surface area contributed by atoms with Crippen LogP contribution in [0.4, 0.5) is 0 Å². The number of halogens is 1. The molecule has 68 valence electrons. The fourth-order valence-electron chi connectivity index (χ4n) is 1.41. The highest BCUT2D eigenvalue weighted by Crippen LogP contribution is 2.20. The molecule has 0 radical (unpaired) electrons. The predicted octanol–water partition coefficient (Wildman–Crippen LogP) is 2.47. The van der Waals surface area contributed by atoms with Crippen LogP contribution in [0.3, 0.4) is 0 Å². The molecule has 0 bridgehead atoms. The molecule has 1 aromatic heterocycles. The Morgan fingerprint density at radius 2 is 2.15 bits per heavy atom. The van der Waals surface area contributed by atoms with Gasteiger partial charge in [-0.1, -0.05) is 22.0 Å². The van der Waals surface area contributed by atoms with E-state index in [0.29, 0.717) is 6.42 Å². The molecule has 0 unspecified atom stereocenters. The van der Waals surface area contributed by atoms with Crippen molar-refractivity contribution in [3.63, 3.8) is 0 Å². The van der Waals surface area contributed by atoms with E-state index in [-0.39, 0.29) is 6.61 Å². The molecule has 1 aromatic carbocycles. The van der Waals surface area contributed by atoms with Gasteiger partial charge < -0.3 is 10.1 Å². The van der Waals surface area contributed by atoms with Gasteiger partial charge in [0.25, 0.3) is 0 Å². The summed E-state index contributed by atoms with van der Waals surface area (Å²) in [6, 6.07) is 8.17. The van der Waals surface area contributed by atoms with Crippen molar-refractivity contribution in [1.29, 1.82) is 0 Å². The van der Waals surface area contributed by atoms with Crippen LogP contribution in [-0.4, -0.2) is 16.7 Å². The first kappa shape index (κ1) is 8.78. The standard InChI is InChI=1S/C10H10BrNO/c11-8-2-1-7-5-9(3-4-13)12-10(7)6-8/h1-2,5-6,12-13H,3-4H2. The number of fused-ring (bicyclic) bond motifs is 1. The Morgan fingerprint density at radius 3 is 2.92 bits per heavy atom. The molecule has 2 aromatic rings. The molecule has 3 heteroatoms. The summed E-state index contributed by atoms with van der Waals surface area (Å²) in [6.45, 7) is 0.188. The van der Waals surface area contributed by atoms with Crippen molar-refractivity contribution in [2.45, 2.75) is 6.42 Å². The normalized spacial score (nSPS) is 10.9. The summed E-state index contributed by atoms with van der Waals surface area (Å²) in [5.41, 5.74) is 2.19. The molecule has 0 fully saturated rings. The van der Waals surface area contributed by atoms with Crippen molar-refractivity contribution >= 4 is 26.8 Å². The summed E-state index contributed by atoms with van der Waals surface area (Å²) in [7, 11) is 0. The Morgan fingerprint density at radius 1 is 1.31 bits per heavy atom. The number of nitrogens with one attached hydrogen (secondary N) is 1. The first-order valence-electron chi connectivity index (χ1n) is 4.17. The summed E-state index contributed by atoms with van der Waals surface area (Å²) in [6.07, 6.45) is 0.687. The van der Waals surface area contributed by atoms with Gasteiger partial charge in [-0.15, -0.1) is 0 Å². The minimum Gasteiger partial charge on any atom is -0.396 e. The van der Waals surface area contributed by atoms with Crippen molar-refractivity contribution < 1.29 is 5.11 Å². The van der Waals surface area contributed by atoms with Crippen LogP contribution in [0, 0.1) is 0 Å². The maximum Gasteiger partial charge on any atom is 0.0485 e. The lowest BCUT2D eigenvalue weighted by atomic mass is 10.2.